The van der Waals surface area contributed by atoms with Gasteiger partial charge in [-0.25, -0.2) is 4.39 Å². The topological polar surface area (TPSA) is 17.1 Å². The van der Waals surface area contributed by atoms with Crippen LogP contribution in [0, 0.1) is 5.82 Å². The third-order valence-electron chi connectivity index (χ3n) is 2.75. The largest absolute Gasteiger partial charge is 0.299 e. The second kappa shape index (κ2) is 6.45. The zero-order valence-corrected chi connectivity index (χ0v) is 10.9. The molecule has 0 unspecified atom stereocenters. The fourth-order valence-electron chi connectivity index (χ4n) is 1.88. The fourth-order valence-corrected chi connectivity index (χ4v) is 2.63. The van der Waals surface area contributed by atoms with E-state index < -0.39 is 0 Å². The Morgan fingerprint density at radius 2 is 2.11 bits per heavy atom. The summed E-state index contributed by atoms with van der Waals surface area (Å²) in [6, 6.07) is 10.4. The van der Waals surface area contributed by atoms with Gasteiger partial charge in [-0.05, 0) is 42.0 Å². The standard InChI is InChI=1S/C15H15FOS/c16-13-5-1-4-12(10-13)11-14(17)6-2-7-15-8-3-9-18-15/h1,3-5,8-10H,2,6-7,11H2. The zero-order chi connectivity index (χ0) is 12.8. The van der Waals surface area contributed by atoms with E-state index in [9.17, 15) is 9.18 Å². The van der Waals surface area contributed by atoms with Gasteiger partial charge in [-0.15, -0.1) is 11.3 Å². The maximum Gasteiger partial charge on any atom is 0.137 e. The molecule has 0 N–H and O–H groups in total. The van der Waals surface area contributed by atoms with Crippen molar-refractivity contribution in [2.75, 3.05) is 0 Å². The summed E-state index contributed by atoms with van der Waals surface area (Å²) in [7, 11) is 0. The molecule has 1 aromatic carbocycles. The molecule has 0 bridgehead atoms. The highest BCUT2D eigenvalue weighted by Gasteiger charge is 2.05. The van der Waals surface area contributed by atoms with Crippen molar-refractivity contribution >= 4 is 17.1 Å². The van der Waals surface area contributed by atoms with Crippen LogP contribution in [0.2, 0.25) is 0 Å². The second-order valence-corrected chi connectivity index (χ2v) is 5.31. The van der Waals surface area contributed by atoms with Crippen molar-refractivity contribution in [3.8, 4) is 0 Å². The van der Waals surface area contributed by atoms with Crippen LogP contribution in [0.15, 0.2) is 41.8 Å². The number of thiophene rings is 1. The molecule has 0 amide bonds. The third kappa shape index (κ3) is 4.08. The normalized spacial score (nSPS) is 10.5. The van der Waals surface area contributed by atoms with Crippen LogP contribution in [0.3, 0.4) is 0 Å². The predicted octanol–water partition coefficient (Wildman–Crippen LogP) is 4.02. The first kappa shape index (κ1) is 13.0. The Morgan fingerprint density at radius 1 is 1.22 bits per heavy atom. The van der Waals surface area contributed by atoms with Crippen LogP contribution in [0.4, 0.5) is 4.39 Å². The summed E-state index contributed by atoms with van der Waals surface area (Å²) >= 11 is 1.72. The number of ketones is 1. The molecule has 1 heterocycles. The molecule has 1 aromatic heterocycles. The Morgan fingerprint density at radius 3 is 2.83 bits per heavy atom. The molecule has 0 spiro atoms. The summed E-state index contributed by atoms with van der Waals surface area (Å²) in [5.74, 6) is -0.101. The molecule has 3 heteroatoms. The van der Waals surface area contributed by atoms with E-state index >= 15 is 0 Å². The molecular weight excluding hydrogens is 247 g/mol. The van der Waals surface area contributed by atoms with Crippen molar-refractivity contribution < 1.29 is 9.18 Å². The molecule has 0 aliphatic carbocycles. The molecule has 1 nitrogen and oxygen atoms in total. The Labute approximate surface area is 110 Å². The minimum absolute atomic E-state index is 0.178. The minimum Gasteiger partial charge on any atom is -0.299 e. The van der Waals surface area contributed by atoms with E-state index in [1.165, 1.54) is 17.0 Å². The van der Waals surface area contributed by atoms with Crippen LogP contribution in [0.1, 0.15) is 23.3 Å². The van der Waals surface area contributed by atoms with Crippen molar-refractivity contribution in [3.63, 3.8) is 0 Å². The van der Waals surface area contributed by atoms with Gasteiger partial charge in [0.1, 0.15) is 11.6 Å². The first-order chi connectivity index (χ1) is 8.74. The average Bonchev–Trinajstić information content (AvgIpc) is 2.82. The number of aryl methyl sites for hydroxylation is 1. The highest BCUT2D eigenvalue weighted by atomic mass is 32.1. The van der Waals surface area contributed by atoms with Gasteiger partial charge in [-0.1, -0.05) is 18.2 Å². The smallest absolute Gasteiger partial charge is 0.137 e. The fraction of sp³-hybridized carbons (Fsp3) is 0.267. The molecule has 2 rings (SSSR count). The van der Waals surface area contributed by atoms with E-state index in [1.807, 2.05) is 11.4 Å². The van der Waals surface area contributed by atoms with Crippen molar-refractivity contribution in [2.45, 2.75) is 25.7 Å². The van der Waals surface area contributed by atoms with Crippen LogP contribution < -0.4 is 0 Å². The molecule has 0 fully saturated rings. The van der Waals surface area contributed by atoms with Crippen molar-refractivity contribution in [1.82, 2.24) is 0 Å². The van der Waals surface area contributed by atoms with Gasteiger partial charge in [-0.2, -0.15) is 0 Å². The number of hydrogen-bond acceptors (Lipinski definition) is 2. The number of benzene rings is 1. The van der Waals surface area contributed by atoms with Crippen LogP contribution >= 0.6 is 11.3 Å². The molecule has 2 aromatic rings. The van der Waals surface area contributed by atoms with E-state index in [0.717, 1.165) is 18.4 Å². The van der Waals surface area contributed by atoms with Crippen molar-refractivity contribution in [1.29, 1.82) is 0 Å². The molecule has 0 radical (unpaired) electrons. The van der Waals surface area contributed by atoms with E-state index in [1.54, 1.807) is 23.5 Å². The first-order valence-corrected chi connectivity index (χ1v) is 6.90. The van der Waals surface area contributed by atoms with E-state index in [2.05, 4.69) is 6.07 Å². The monoisotopic (exact) mass is 262 g/mol. The highest BCUT2D eigenvalue weighted by molar-refractivity contribution is 7.09. The maximum atomic E-state index is 12.9. The van der Waals surface area contributed by atoms with Crippen LogP contribution in [-0.4, -0.2) is 5.78 Å². The lowest BCUT2D eigenvalue weighted by Crippen LogP contribution is -2.03. The summed E-state index contributed by atoms with van der Waals surface area (Å²) < 4.78 is 12.9. The van der Waals surface area contributed by atoms with E-state index in [-0.39, 0.29) is 11.6 Å². The van der Waals surface area contributed by atoms with Crippen LogP contribution in [0.25, 0.3) is 0 Å². The van der Waals surface area contributed by atoms with Crippen LogP contribution in [0.5, 0.6) is 0 Å². The van der Waals surface area contributed by atoms with Gasteiger partial charge < -0.3 is 0 Å². The SMILES string of the molecule is O=C(CCCc1cccs1)Cc1cccc(F)c1. The summed E-state index contributed by atoms with van der Waals surface area (Å²) in [4.78, 5) is 13.0. The highest BCUT2D eigenvalue weighted by Crippen LogP contribution is 2.13. The number of halogens is 1. The Bertz CT molecular complexity index is 505. The van der Waals surface area contributed by atoms with Crippen molar-refractivity contribution in [3.05, 3.63) is 58.0 Å². The summed E-state index contributed by atoms with van der Waals surface area (Å²) in [6.07, 6.45) is 2.72. The molecular formula is C15H15FOS. The molecule has 0 atom stereocenters. The predicted molar refractivity (Wildman–Crippen MR) is 72.4 cm³/mol. The van der Waals surface area contributed by atoms with Gasteiger partial charge in [0.15, 0.2) is 0 Å². The number of Topliss-reactive ketones (excluding diaryl/α,β-unsaturated/α-hetero) is 1. The quantitative estimate of drug-likeness (QED) is 0.768. The van der Waals surface area contributed by atoms with Crippen molar-refractivity contribution in [2.24, 2.45) is 0 Å². The molecule has 94 valence electrons. The van der Waals surface area contributed by atoms with Gasteiger partial charge in [0, 0.05) is 17.7 Å². The average molecular weight is 262 g/mol. The summed E-state index contributed by atoms with van der Waals surface area (Å²) in [5, 5.41) is 2.05. The van der Waals surface area contributed by atoms with Gasteiger partial charge >= 0.3 is 0 Å². The van der Waals surface area contributed by atoms with Gasteiger partial charge in [-0.3, -0.25) is 4.79 Å². The van der Waals surface area contributed by atoms with E-state index in [0.29, 0.717) is 12.8 Å². The second-order valence-electron chi connectivity index (χ2n) is 4.28. The molecule has 0 saturated carbocycles. The number of rotatable bonds is 6. The first-order valence-electron chi connectivity index (χ1n) is 6.02. The number of hydrogen-bond donors (Lipinski definition) is 0. The number of carbonyl (C=O) groups excluding carboxylic acids is 1. The lowest BCUT2D eigenvalue weighted by molar-refractivity contribution is -0.118. The lowest BCUT2D eigenvalue weighted by Gasteiger charge is -2.01. The molecule has 0 saturated heterocycles. The number of carbonyl (C=O) groups is 1. The van der Waals surface area contributed by atoms with Gasteiger partial charge in [0.05, 0.1) is 0 Å². The lowest BCUT2D eigenvalue weighted by atomic mass is 10.0. The maximum absolute atomic E-state index is 12.9. The summed E-state index contributed by atoms with van der Waals surface area (Å²) in [5.41, 5.74) is 0.760. The third-order valence-corrected chi connectivity index (χ3v) is 3.69. The summed E-state index contributed by atoms with van der Waals surface area (Å²) in [6.45, 7) is 0. The Balaban J connectivity index is 1.75. The Kier molecular flexibility index (Phi) is 4.65. The van der Waals surface area contributed by atoms with E-state index in [4.69, 9.17) is 0 Å². The molecule has 18 heavy (non-hydrogen) atoms. The molecule has 0 aliphatic heterocycles. The zero-order valence-electron chi connectivity index (χ0n) is 10.1. The Hall–Kier alpha value is -1.48. The van der Waals surface area contributed by atoms with Crippen LogP contribution in [-0.2, 0) is 17.6 Å². The van der Waals surface area contributed by atoms with Gasteiger partial charge in [0.25, 0.3) is 0 Å². The molecule has 0 aliphatic rings. The van der Waals surface area contributed by atoms with Gasteiger partial charge in [0.2, 0.25) is 0 Å². The minimum atomic E-state index is -0.279.